The van der Waals surface area contributed by atoms with Crippen molar-refractivity contribution < 1.29 is 23.5 Å². The zero-order valence-corrected chi connectivity index (χ0v) is 20.2. The molecule has 0 radical (unpaired) electrons. The highest BCUT2D eigenvalue weighted by molar-refractivity contribution is 8.16. The molecule has 180 valence electrons. The summed E-state index contributed by atoms with van der Waals surface area (Å²) in [5.41, 5.74) is 1.78. The van der Waals surface area contributed by atoms with Crippen LogP contribution in [0, 0.1) is 5.82 Å². The first-order chi connectivity index (χ1) is 16.3. The third kappa shape index (κ3) is 4.46. The minimum absolute atomic E-state index is 0.00208. The molecule has 0 saturated carbocycles. The number of carbonyl (C=O) groups excluding carboxylic acids is 3. The van der Waals surface area contributed by atoms with Crippen molar-refractivity contribution in [2.45, 2.75) is 32.7 Å². The van der Waals surface area contributed by atoms with Gasteiger partial charge in [0, 0.05) is 44.4 Å². The first kappa shape index (κ1) is 24.0. The Morgan fingerprint density at radius 2 is 1.82 bits per heavy atom. The zero-order chi connectivity index (χ0) is 24.4. The van der Waals surface area contributed by atoms with Gasteiger partial charge in [-0.25, -0.2) is 14.2 Å². The van der Waals surface area contributed by atoms with Crippen LogP contribution in [0.25, 0.3) is 0 Å². The summed E-state index contributed by atoms with van der Waals surface area (Å²) in [6.07, 6.45) is 0.551. The maximum atomic E-state index is 15.0. The molecule has 3 aliphatic rings. The Morgan fingerprint density at radius 1 is 1.15 bits per heavy atom. The van der Waals surface area contributed by atoms with Crippen molar-refractivity contribution in [2.75, 3.05) is 33.3 Å². The highest BCUT2D eigenvalue weighted by Gasteiger charge is 2.42. The van der Waals surface area contributed by atoms with Crippen LogP contribution in [0.3, 0.4) is 0 Å². The molecular formula is C24H27FN4O4S. The lowest BCUT2D eigenvalue weighted by Crippen LogP contribution is -2.50. The molecular weight excluding hydrogens is 459 g/mol. The Hall–Kier alpha value is -3.14. The van der Waals surface area contributed by atoms with Crippen molar-refractivity contribution in [3.8, 4) is 0 Å². The maximum absolute atomic E-state index is 15.0. The monoisotopic (exact) mass is 486 g/mol. The van der Waals surface area contributed by atoms with Gasteiger partial charge in [0.2, 0.25) is 11.8 Å². The molecule has 3 heterocycles. The van der Waals surface area contributed by atoms with E-state index in [9.17, 15) is 14.4 Å². The van der Waals surface area contributed by atoms with Crippen LogP contribution in [0.5, 0.6) is 0 Å². The molecule has 0 spiro atoms. The van der Waals surface area contributed by atoms with Gasteiger partial charge in [-0.15, -0.1) is 0 Å². The number of benzene rings is 1. The number of thioether (sulfide) groups is 1. The summed E-state index contributed by atoms with van der Waals surface area (Å²) < 4.78 is 20.1. The van der Waals surface area contributed by atoms with Gasteiger partial charge in [0.25, 0.3) is 0 Å². The maximum Gasteiger partial charge on any atom is 0.338 e. The number of ether oxygens (including phenoxy) is 1. The number of carbonyl (C=O) groups is 3. The number of amides is 2. The molecule has 0 bridgehead atoms. The quantitative estimate of drug-likeness (QED) is 0.595. The van der Waals surface area contributed by atoms with Crippen molar-refractivity contribution in [1.82, 2.24) is 14.7 Å². The summed E-state index contributed by atoms with van der Waals surface area (Å²) in [5, 5.41) is 2.44. The molecule has 1 fully saturated rings. The van der Waals surface area contributed by atoms with E-state index in [0.29, 0.717) is 54.7 Å². The van der Waals surface area contributed by atoms with Crippen LogP contribution in [0.2, 0.25) is 0 Å². The fraction of sp³-hybridized carbons (Fsp3) is 0.417. The van der Waals surface area contributed by atoms with Gasteiger partial charge in [-0.2, -0.15) is 0 Å². The van der Waals surface area contributed by atoms with E-state index in [1.807, 2.05) is 12.3 Å². The number of aliphatic imine (C=N–C) groups is 1. The molecule has 0 N–H and O–H groups in total. The molecule has 1 saturated heterocycles. The van der Waals surface area contributed by atoms with Gasteiger partial charge in [0.15, 0.2) is 5.17 Å². The summed E-state index contributed by atoms with van der Waals surface area (Å²) in [6.45, 7) is 5.33. The van der Waals surface area contributed by atoms with Crippen LogP contribution in [0.4, 0.5) is 4.39 Å². The van der Waals surface area contributed by atoms with Crippen molar-refractivity contribution in [1.29, 1.82) is 0 Å². The average molecular weight is 487 g/mol. The summed E-state index contributed by atoms with van der Waals surface area (Å²) in [7, 11) is 1.29. The first-order valence-electron chi connectivity index (χ1n) is 11.2. The molecule has 8 nitrogen and oxygen atoms in total. The van der Waals surface area contributed by atoms with E-state index in [-0.39, 0.29) is 23.8 Å². The van der Waals surface area contributed by atoms with Gasteiger partial charge in [-0.05, 0) is 17.9 Å². The van der Waals surface area contributed by atoms with Gasteiger partial charge in [0.1, 0.15) is 5.82 Å². The topological polar surface area (TPSA) is 82.5 Å². The number of halogens is 1. The second-order valence-electron chi connectivity index (χ2n) is 8.18. The minimum Gasteiger partial charge on any atom is -0.466 e. The van der Waals surface area contributed by atoms with E-state index >= 15 is 4.39 Å². The Balaban J connectivity index is 1.64. The Labute approximate surface area is 202 Å². The number of esters is 1. The lowest BCUT2D eigenvalue weighted by molar-refractivity contribution is -0.138. The first-order valence-corrected chi connectivity index (χ1v) is 12.1. The minimum atomic E-state index is -0.792. The average Bonchev–Trinajstić information content (AvgIpc) is 3.25. The summed E-state index contributed by atoms with van der Waals surface area (Å²) >= 11 is 1.35. The number of nitrogens with zero attached hydrogens (tertiary/aromatic N) is 4. The number of allylic oxidation sites excluding steroid dienone is 1. The third-order valence-corrected chi connectivity index (χ3v) is 7.13. The van der Waals surface area contributed by atoms with Gasteiger partial charge in [0.05, 0.1) is 30.8 Å². The summed E-state index contributed by atoms with van der Waals surface area (Å²) in [5.74, 6) is -1.12. The zero-order valence-electron chi connectivity index (χ0n) is 19.4. The van der Waals surface area contributed by atoms with E-state index in [2.05, 4.69) is 4.99 Å². The van der Waals surface area contributed by atoms with Crippen LogP contribution in [0.15, 0.2) is 51.6 Å². The molecule has 0 aliphatic carbocycles. The van der Waals surface area contributed by atoms with Gasteiger partial charge in [-0.3, -0.25) is 9.59 Å². The van der Waals surface area contributed by atoms with Crippen molar-refractivity contribution >= 4 is 34.7 Å². The number of piperazine rings is 1. The van der Waals surface area contributed by atoms with Crippen molar-refractivity contribution in [3.63, 3.8) is 0 Å². The summed E-state index contributed by atoms with van der Waals surface area (Å²) in [4.78, 5) is 47.5. The Kier molecular flexibility index (Phi) is 7.06. The molecule has 0 aromatic heterocycles. The number of hydrogen-bond acceptors (Lipinski definition) is 7. The van der Waals surface area contributed by atoms with Gasteiger partial charge >= 0.3 is 5.97 Å². The summed E-state index contributed by atoms with van der Waals surface area (Å²) in [6, 6.07) is 5.52. The molecule has 10 heteroatoms. The van der Waals surface area contributed by atoms with Crippen LogP contribution in [-0.4, -0.2) is 70.9 Å². The normalized spacial score (nSPS) is 20.1. The van der Waals surface area contributed by atoms with E-state index in [1.54, 1.807) is 32.9 Å². The number of hydrogen-bond donors (Lipinski definition) is 0. The van der Waals surface area contributed by atoms with Crippen molar-refractivity contribution in [3.05, 3.63) is 58.0 Å². The number of fused-ring (bicyclic) bond motifs is 1. The standard InChI is InChI=1S/C24H27FN4O4S/c1-4-19-21(23(32)33-3)22(17-7-5-6-8-18(17)25)29-16(14-34-24(29)26-19)13-20(31)28-11-9-27(10-12-28)15(2)30/h5-8,14,22H,4,9-13H2,1-3H3. The number of rotatable bonds is 5. The fourth-order valence-corrected chi connectivity index (χ4v) is 5.38. The predicted octanol–water partition coefficient (Wildman–Crippen LogP) is 3.04. The van der Waals surface area contributed by atoms with E-state index in [1.165, 1.54) is 31.9 Å². The fourth-order valence-electron chi connectivity index (χ4n) is 4.44. The Morgan fingerprint density at radius 3 is 2.44 bits per heavy atom. The molecule has 1 aromatic rings. The van der Waals surface area contributed by atoms with Crippen molar-refractivity contribution in [2.24, 2.45) is 4.99 Å². The van der Waals surface area contributed by atoms with Crippen LogP contribution in [-0.2, 0) is 19.1 Å². The largest absolute Gasteiger partial charge is 0.466 e. The highest BCUT2D eigenvalue weighted by atomic mass is 32.2. The molecule has 34 heavy (non-hydrogen) atoms. The van der Waals surface area contributed by atoms with E-state index in [0.717, 1.165) is 0 Å². The van der Waals surface area contributed by atoms with Crippen LogP contribution in [0.1, 0.15) is 38.3 Å². The molecule has 1 atom stereocenters. The van der Waals surface area contributed by atoms with Gasteiger partial charge in [-0.1, -0.05) is 36.9 Å². The smallest absolute Gasteiger partial charge is 0.338 e. The van der Waals surface area contributed by atoms with Crippen LogP contribution >= 0.6 is 11.8 Å². The van der Waals surface area contributed by atoms with E-state index < -0.39 is 17.8 Å². The molecule has 2 amide bonds. The number of methoxy groups -OCH3 is 1. The SMILES string of the molecule is CCC1=C(C(=O)OC)C(c2ccccc2F)N2C(CC(=O)N3CCN(C(C)=O)CC3)=CSC2=N1. The number of amidine groups is 1. The second-order valence-corrected chi connectivity index (χ2v) is 9.02. The third-order valence-electron chi connectivity index (χ3n) is 6.24. The lowest BCUT2D eigenvalue weighted by atomic mass is 9.92. The molecule has 3 aliphatic heterocycles. The lowest BCUT2D eigenvalue weighted by Gasteiger charge is -2.38. The van der Waals surface area contributed by atoms with Crippen LogP contribution < -0.4 is 0 Å². The molecule has 1 aromatic carbocycles. The highest BCUT2D eigenvalue weighted by Crippen LogP contribution is 2.46. The predicted molar refractivity (Wildman–Crippen MR) is 127 cm³/mol. The van der Waals surface area contributed by atoms with Gasteiger partial charge < -0.3 is 19.4 Å². The second kappa shape index (κ2) is 10.0. The molecule has 1 unspecified atom stereocenters. The Bertz CT molecular complexity index is 1110. The van der Waals surface area contributed by atoms with E-state index in [4.69, 9.17) is 4.74 Å². The molecule has 4 rings (SSSR count).